The van der Waals surface area contributed by atoms with Crippen molar-refractivity contribution in [3.8, 4) is 0 Å². The summed E-state index contributed by atoms with van der Waals surface area (Å²) in [7, 11) is 0. The minimum atomic E-state index is -0.933. The van der Waals surface area contributed by atoms with E-state index in [1.54, 1.807) is 0 Å². The molecule has 0 aliphatic carbocycles. The standard InChI is InChI=1S/C13H15ClFNO3/c14-10-7-9(1-2-11(10)15)12(17)16-8-13(18)3-5-19-6-4-13/h1-2,7,18H,3-6,8H2,(H,16,17). The number of benzene rings is 1. The number of amides is 1. The van der Waals surface area contributed by atoms with Crippen LogP contribution in [0.4, 0.5) is 4.39 Å². The van der Waals surface area contributed by atoms with Crippen molar-refractivity contribution in [2.75, 3.05) is 19.8 Å². The van der Waals surface area contributed by atoms with Crippen LogP contribution in [0.3, 0.4) is 0 Å². The zero-order valence-electron chi connectivity index (χ0n) is 10.3. The van der Waals surface area contributed by atoms with Crippen molar-refractivity contribution in [3.05, 3.63) is 34.6 Å². The van der Waals surface area contributed by atoms with Crippen LogP contribution < -0.4 is 5.32 Å². The molecule has 6 heteroatoms. The van der Waals surface area contributed by atoms with Gasteiger partial charge in [-0.25, -0.2) is 4.39 Å². The highest BCUT2D eigenvalue weighted by atomic mass is 35.5. The van der Waals surface area contributed by atoms with Crippen molar-refractivity contribution in [3.63, 3.8) is 0 Å². The van der Waals surface area contributed by atoms with Gasteiger partial charge in [-0.1, -0.05) is 11.6 Å². The number of halogens is 2. The normalized spacial score (nSPS) is 18.1. The van der Waals surface area contributed by atoms with Gasteiger partial charge in [0.15, 0.2) is 0 Å². The smallest absolute Gasteiger partial charge is 0.251 e. The second-order valence-electron chi connectivity index (χ2n) is 4.65. The van der Waals surface area contributed by atoms with Gasteiger partial charge in [-0.05, 0) is 18.2 Å². The largest absolute Gasteiger partial charge is 0.388 e. The first-order valence-electron chi connectivity index (χ1n) is 6.04. The fourth-order valence-corrected chi connectivity index (χ4v) is 2.09. The molecule has 19 heavy (non-hydrogen) atoms. The van der Waals surface area contributed by atoms with Gasteiger partial charge in [0, 0.05) is 38.2 Å². The van der Waals surface area contributed by atoms with E-state index in [1.807, 2.05) is 0 Å². The molecule has 1 aromatic carbocycles. The van der Waals surface area contributed by atoms with Gasteiger partial charge in [0.05, 0.1) is 10.6 Å². The van der Waals surface area contributed by atoms with Crippen molar-refractivity contribution in [2.45, 2.75) is 18.4 Å². The molecule has 1 aliphatic heterocycles. The zero-order chi connectivity index (χ0) is 13.9. The molecule has 1 heterocycles. The summed E-state index contributed by atoms with van der Waals surface area (Å²) in [6.45, 7) is 1.10. The van der Waals surface area contributed by atoms with E-state index in [1.165, 1.54) is 12.1 Å². The van der Waals surface area contributed by atoms with E-state index in [0.29, 0.717) is 26.1 Å². The van der Waals surface area contributed by atoms with Crippen molar-refractivity contribution < 1.29 is 19.0 Å². The number of hydrogen-bond acceptors (Lipinski definition) is 3. The van der Waals surface area contributed by atoms with E-state index in [0.717, 1.165) is 6.07 Å². The molecule has 4 nitrogen and oxygen atoms in total. The number of nitrogens with one attached hydrogen (secondary N) is 1. The molecule has 0 atom stereocenters. The van der Waals surface area contributed by atoms with Crippen LogP contribution in [0.2, 0.25) is 5.02 Å². The SMILES string of the molecule is O=C(NCC1(O)CCOCC1)c1ccc(F)c(Cl)c1. The summed E-state index contributed by atoms with van der Waals surface area (Å²) >= 11 is 5.61. The van der Waals surface area contributed by atoms with Crippen molar-refractivity contribution in [2.24, 2.45) is 0 Å². The van der Waals surface area contributed by atoms with E-state index < -0.39 is 11.4 Å². The summed E-state index contributed by atoms with van der Waals surface area (Å²) < 4.78 is 18.1. The summed E-state index contributed by atoms with van der Waals surface area (Å²) in [5.41, 5.74) is -0.667. The van der Waals surface area contributed by atoms with E-state index >= 15 is 0 Å². The Balaban J connectivity index is 1.95. The number of aliphatic hydroxyl groups is 1. The second kappa shape index (κ2) is 5.86. The van der Waals surface area contributed by atoms with Crippen LogP contribution in [-0.2, 0) is 4.74 Å². The highest BCUT2D eigenvalue weighted by Crippen LogP contribution is 2.20. The Morgan fingerprint density at radius 3 is 2.79 bits per heavy atom. The van der Waals surface area contributed by atoms with Crippen molar-refractivity contribution in [1.82, 2.24) is 5.32 Å². The zero-order valence-corrected chi connectivity index (χ0v) is 11.0. The fourth-order valence-electron chi connectivity index (χ4n) is 1.91. The lowest BCUT2D eigenvalue weighted by Gasteiger charge is -2.32. The molecule has 1 aromatic rings. The summed E-state index contributed by atoms with van der Waals surface area (Å²) in [6, 6.07) is 3.76. The molecule has 2 rings (SSSR count). The highest BCUT2D eigenvalue weighted by Gasteiger charge is 2.30. The second-order valence-corrected chi connectivity index (χ2v) is 5.06. The Morgan fingerprint density at radius 1 is 1.47 bits per heavy atom. The minimum absolute atomic E-state index is 0.0996. The van der Waals surface area contributed by atoms with Crippen LogP contribution in [0.25, 0.3) is 0 Å². The van der Waals surface area contributed by atoms with Gasteiger partial charge in [0.25, 0.3) is 5.91 Å². The molecular formula is C13H15ClFNO3. The molecule has 0 spiro atoms. The van der Waals surface area contributed by atoms with Crippen LogP contribution in [-0.4, -0.2) is 36.4 Å². The molecule has 1 saturated heterocycles. The predicted octanol–water partition coefficient (Wildman–Crippen LogP) is 1.75. The molecule has 1 amide bonds. The average Bonchev–Trinajstić information content (AvgIpc) is 2.40. The quantitative estimate of drug-likeness (QED) is 0.890. The molecular weight excluding hydrogens is 273 g/mol. The first-order valence-corrected chi connectivity index (χ1v) is 6.41. The number of rotatable bonds is 3. The third kappa shape index (κ3) is 3.65. The summed E-state index contributed by atoms with van der Waals surface area (Å²) in [4.78, 5) is 11.9. The van der Waals surface area contributed by atoms with Gasteiger partial charge < -0.3 is 15.2 Å². The molecule has 0 saturated carbocycles. The Bertz CT molecular complexity index is 475. The minimum Gasteiger partial charge on any atom is -0.388 e. The molecule has 0 aromatic heterocycles. The van der Waals surface area contributed by atoms with Gasteiger partial charge in [0.2, 0.25) is 0 Å². The summed E-state index contributed by atoms with van der Waals surface area (Å²) in [5, 5.41) is 12.7. The Morgan fingerprint density at radius 2 is 2.16 bits per heavy atom. The topological polar surface area (TPSA) is 58.6 Å². The van der Waals surface area contributed by atoms with Crippen LogP contribution in [0, 0.1) is 5.82 Å². The van der Waals surface area contributed by atoms with E-state index in [-0.39, 0.29) is 23.0 Å². The molecule has 0 bridgehead atoms. The lowest BCUT2D eigenvalue weighted by molar-refractivity contribution is -0.0605. The van der Waals surface area contributed by atoms with Gasteiger partial charge in [0.1, 0.15) is 5.82 Å². The lowest BCUT2D eigenvalue weighted by atomic mass is 9.94. The third-order valence-electron chi connectivity index (χ3n) is 3.18. The lowest BCUT2D eigenvalue weighted by Crippen LogP contribution is -2.46. The number of carbonyl (C=O) groups excluding carboxylic acids is 1. The molecule has 1 fully saturated rings. The maximum Gasteiger partial charge on any atom is 0.251 e. The maximum atomic E-state index is 13.0. The number of carbonyl (C=O) groups is 1. The molecule has 104 valence electrons. The maximum absolute atomic E-state index is 13.0. The van der Waals surface area contributed by atoms with Crippen molar-refractivity contribution >= 4 is 17.5 Å². The first-order chi connectivity index (χ1) is 9.00. The van der Waals surface area contributed by atoms with E-state index in [9.17, 15) is 14.3 Å². The number of ether oxygens (including phenoxy) is 1. The van der Waals surface area contributed by atoms with Crippen LogP contribution in [0.1, 0.15) is 23.2 Å². The summed E-state index contributed by atoms with van der Waals surface area (Å²) in [6.07, 6.45) is 0.967. The van der Waals surface area contributed by atoms with Crippen LogP contribution in [0.15, 0.2) is 18.2 Å². The van der Waals surface area contributed by atoms with Gasteiger partial charge in [-0.15, -0.1) is 0 Å². The molecule has 1 aliphatic rings. The Hall–Kier alpha value is -1.17. The highest BCUT2D eigenvalue weighted by molar-refractivity contribution is 6.31. The summed E-state index contributed by atoms with van der Waals surface area (Å²) in [5.74, 6) is -0.955. The number of hydrogen-bond donors (Lipinski definition) is 2. The van der Waals surface area contributed by atoms with Gasteiger partial charge in [-0.2, -0.15) is 0 Å². The predicted molar refractivity (Wildman–Crippen MR) is 68.7 cm³/mol. The van der Waals surface area contributed by atoms with Crippen molar-refractivity contribution in [1.29, 1.82) is 0 Å². The molecule has 0 unspecified atom stereocenters. The van der Waals surface area contributed by atoms with Gasteiger partial charge in [-0.3, -0.25) is 4.79 Å². The third-order valence-corrected chi connectivity index (χ3v) is 3.47. The molecule has 2 N–H and O–H groups in total. The van der Waals surface area contributed by atoms with Crippen LogP contribution in [0.5, 0.6) is 0 Å². The average molecular weight is 288 g/mol. The van der Waals surface area contributed by atoms with E-state index in [2.05, 4.69) is 5.32 Å². The monoisotopic (exact) mass is 287 g/mol. The Labute approximate surface area is 115 Å². The fraction of sp³-hybridized carbons (Fsp3) is 0.462. The van der Waals surface area contributed by atoms with Crippen LogP contribution >= 0.6 is 11.6 Å². The Kier molecular flexibility index (Phi) is 4.39. The first kappa shape index (κ1) is 14.2. The molecule has 0 radical (unpaired) electrons. The van der Waals surface area contributed by atoms with E-state index in [4.69, 9.17) is 16.3 Å². The van der Waals surface area contributed by atoms with Gasteiger partial charge >= 0.3 is 0 Å².